The quantitative estimate of drug-likeness (QED) is 0.821. The van der Waals surface area contributed by atoms with Gasteiger partial charge in [0.25, 0.3) is 5.91 Å². The van der Waals surface area contributed by atoms with E-state index in [-0.39, 0.29) is 5.91 Å². The summed E-state index contributed by atoms with van der Waals surface area (Å²) in [6.07, 6.45) is 1.56. The first kappa shape index (κ1) is 10.1. The number of carbonyl (C=O) groups excluding carboxylic acids is 1. The summed E-state index contributed by atoms with van der Waals surface area (Å²) < 4.78 is 0.834. The lowest BCUT2D eigenvalue weighted by Crippen LogP contribution is -2.24. The van der Waals surface area contributed by atoms with Gasteiger partial charge in [0, 0.05) is 10.7 Å². The molecular weight excluding hydrogens is 236 g/mol. The van der Waals surface area contributed by atoms with E-state index in [4.69, 9.17) is 4.84 Å². The molecule has 70 valence electrons. The maximum atomic E-state index is 11.2. The molecule has 0 unspecified atom stereocenters. The molecule has 4 nitrogen and oxygen atoms in total. The second kappa shape index (κ2) is 4.94. The monoisotopic (exact) mass is 244 g/mol. The fourth-order valence-corrected chi connectivity index (χ4v) is 0.935. The zero-order valence-electron chi connectivity index (χ0n) is 7.08. The van der Waals surface area contributed by atoms with Crippen LogP contribution in [0.4, 0.5) is 0 Å². The van der Waals surface area contributed by atoms with E-state index in [1.807, 2.05) is 0 Å². The van der Waals surface area contributed by atoms with Crippen molar-refractivity contribution in [3.05, 3.63) is 28.5 Å². The highest BCUT2D eigenvalue weighted by Gasteiger charge is 2.05. The molecular formula is C8H9BrN2O2. The fraction of sp³-hybridized carbons (Fsp3) is 0.250. The van der Waals surface area contributed by atoms with Gasteiger partial charge in [-0.15, -0.1) is 0 Å². The van der Waals surface area contributed by atoms with Gasteiger partial charge in [0.1, 0.15) is 5.69 Å². The summed E-state index contributed by atoms with van der Waals surface area (Å²) in [5, 5.41) is 0. The molecule has 0 spiro atoms. The topological polar surface area (TPSA) is 51.2 Å². The molecule has 1 aromatic heterocycles. The van der Waals surface area contributed by atoms with E-state index in [1.54, 1.807) is 25.3 Å². The van der Waals surface area contributed by atoms with Crippen LogP contribution in [0.25, 0.3) is 0 Å². The number of hydrogen-bond acceptors (Lipinski definition) is 3. The van der Waals surface area contributed by atoms with Crippen LogP contribution in [-0.2, 0) is 4.84 Å². The molecule has 0 aliphatic rings. The van der Waals surface area contributed by atoms with E-state index < -0.39 is 0 Å². The summed E-state index contributed by atoms with van der Waals surface area (Å²) in [5.41, 5.74) is 2.58. The number of halogens is 1. The van der Waals surface area contributed by atoms with Crippen molar-refractivity contribution in [1.29, 1.82) is 0 Å². The Morgan fingerprint density at radius 3 is 3.00 bits per heavy atom. The van der Waals surface area contributed by atoms with E-state index in [0.29, 0.717) is 12.3 Å². The van der Waals surface area contributed by atoms with Crippen molar-refractivity contribution in [2.75, 3.05) is 6.61 Å². The standard InChI is InChI=1S/C8H9BrN2O2/c1-2-13-11-8(12)7-4-3-6(9)5-10-7/h3-5H,2H2,1H3,(H,11,12). The van der Waals surface area contributed by atoms with Gasteiger partial charge < -0.3 is 0 Å². The Morgan fingerprint density at radius 1 is 1.69 bits per heavy atom. The highest BCUT2D eigenvalue weighted by molar-refractivity contribution is 9.10. The summed E-state index contributed by atoms with van der Waals surface area (Å²) in [7, 11) is 0. The maximum Gasteiger partial charge on any atom is 0.293 e. The van der Waals surface area contributed by atoms with Crippen molar-refractivity contribution >= 4 is 21.8 Å². The second-order valence-corrected chi connectivity index (χ2v) is 3.14. The molecule has 0 aliphatic carbocycles. The number of nitrogens with one attached hydrogen (secondary N) is 1. The predicted octanol–water partition coefficient (Wildman–Crippen LogP) is 1.53. The van der Waals surface area contributed by atoms with Crippen LogP contribution in [-0.4, -0.2) is 17.5 Å². The van der Waals surface area contributed by atoms with Crippen molar-refractivity contribution in [3.8, 4) is 0 Å². The molecule has 1 rings (SSSR count). The Kier molecular flexibility index (Phi) is 3.85. The largest absolute Gasteiger partial charge is 0.293 e. The molecule has 1 amide bonds. The third-order valence-corrected chi connectivity index (χ3v) is 1.74. The Balaban J connectivity index is 2.61. The number of pyridine rings is 1. The molecule has 1 N–H and O–H groups in total. The van der Waals surface area contributed by atoms with E-state index >= 15 is 0 Å². The zero-order chi connectivity index (χ0) is 9.68. The summed E-state index contributed by atoms with van der Waals surface area (Å²) in [5.74, 6) is -0.339. The van der Waals surface area contributed by atoms with Crippen LogP contribution in [0.3, 0.4) is 0 Å². The Hall–Kier alpha value is -0.940. The van der Waals surface area contributed by atoms with E-state index in [2.05, 4.69) is 26.4 Å². The lowest BCUT2D eigenvalue weighted by molar-refractivity contribution is 0.0360. The average Bonchev–Trinajstić information content (AvgIpc) is 2.15. The smallest absolute Gasteiger partial charge is 0.274 e. The van der Waals surface area contributed by atoms with Crippen LogP contribution in [0.2, 0.25) is 0 Å². The SMILES string of the molecule is CCONC(=O)c1ccc(Br)cn1. The number of rotatable bonds is 3. The molecule has 13 heavy (non-hydrogen) atoms. The van der Waals surface area contributed by atoms with Gasteiger partial charge in [-0.25, -0.2) is 10.5 Å². The van der Waals surface area contributed by atoms with Gasteiger partial charge in [0.2, 0.25) is 0 Å². The third-order valence-electron chi connectivity index (χ3n) is 1.27. The summed E-state index contributed by atoms with van der Waals surface area (Å²) in [4.78, 5) is 19.8. The van der Waals surface area contributed by atoms with E-state index in [1.165, 1.54) is 0 Å². The van der Waals surface area contributed by atoms with Crippen molar-refractivity contribution in [2.45, 2.75) is 6.92 Å². The molecule has 5 heteroatoms. The van der Waals surface area contributed by atoms with Gasteiger partial charge in [0.05, 0.1) is 6.61 Å². The molecule has 0 aromatic carbocycles. The van der Waals surface area contributed by atoms with Gasteiger partial charge in [-0.1, -0.05) is 0 Å². The molecule has 0 saturated carbocycles. The summed E-state index contributed by atoms with van der Waals surface area (Å²) >= 11 is 3.22. The molecule has 0 fully saturated rings. The first-order valence-corrected chi connectivity index (χ1v) is 4.57. The summed E-state index contributed by atoms with van der Waals surface area (Å²) in [6.45, 7) is 2.22. The number of nitrogens with zero attached hydrogens (tertiary/aromatic N) is 1. The molecule has 0 atom stereocenters. The van der Waals surface area contributed by atoms with Crippen molar-refractivity contribution < 1.29 is 9.63 Å². The van der Waals surface area contributed by atoms with Crippen LogP contribution in [0, 0.1) is 0 Å². The molecule has 0 saturated heterocycles. The molecule has 0 bridgehead atoms. The zero-order valence-corrected chi connectivity index (χ0v) is 8.67. The minimum Gasteiger partial charge on any atom is -0.274 e. The van der Waals surface area contributed by atoms with Crippen molar-refractivity contribution in [3.63, 3.8) is 0 Å². The first-order chi connectivity index (χ1) is 6.24. The Bertz CT molecular complexity index is 287. The van der Waals surface area contributed by atoms with Crippen LogP contribution in [0.1, 0.15) is 17.4 Å². The number of amides is 1. The van der Waals surface area contributed by atoms with Crippen LogP contribution >= 0.6 is 15.9 Å². The number of carbonyl (C=O) groups is 1. The first-order valence-electron chi connectivity index (χ1n) is 3.77. The molecule has 1 heterocycles. The highest BCUT2D eigenvalue weighted by atomic mass is 79.9. The van der Waals surface area contributed by atoms with Crippen LogP contribution in [0.15, 0.2) is 22.8 Å². The van der Waals surface area contributed by atoms with Crippen LogP contribution < -0.4 is 5.48 Å². The molecule has 0 radical (unpaired) electrons. The lowest BCUT2D eigenvalue weighted by Gasteiger charge is -2.02. The number of aromatic nitrogens is 1. The highest BCUT2D eigenvalue weighted by Crippen LogP contribution is 2.06. The van der Waals surface area contributed by atoms with Crippen molar-refractivity contribution in [2.24, 2.45) is 0 Å². The van der Waals surface area contributed by atoms with Crippen molar-refractivity contribution in [1.82, 2.24) is 10.5 Å². The minimum absolute atomic E-state index is 0.330. The minimum atomic E-state index is -0.339. The molecule has 0 aliphatic heterocycles. The maximum absolute atomic E-state index is 11.2. The summed E-state index contributed by atoms with van der Waals surface area (Å²) in [6, 6.07) is 3.35. The normalized spacial score (nSPS) is 9.69. The van der Waals surface area contributed by atoms with Gasteiger partial charge in [-0.3, -0.25) is 9.63 Å². The lowest BCUT2D eigenvalue weighted by atomic mass is 10.3. The third kappa shape index (κ3) is 3.12. The van der Waals surface area contributed by atoms with Gasteiger partial charge >= 0.3 is 0 Å². The molecule has 1 aromatic rings. The number of hydrogen-bond donors (Lipinski definition) is 1. The Morgan fingerprint density at radius 2 is 2.46 bits per heavy atom. The average molecular weight is 245 g/mol. The van der Waals surface area contributed by atoms with E-state index in [9.17, 15) is 4.79 Å². The predicted molar refractivity (Wildman–Crippen MR) is 51.0 cm³/mol. The van der Waals surface area contributed by atoms with E-state index in [0.717, 1.165) is 4.47 Å². The van der Waals surface area contributed by atoms with Gasteiger partial charge in [0.15, 0.2) is 0 Å². The number of hydroxylamine groups is 1. The Labute approximate surface area is 84.4 Å². The fourth-order valence-electron chi connectivity index (χ4n) is 0.700. The van der Waals surface area contributed by atoms with Gasteiger partial charge in [-0.2, -0.15) is 0 Å². The second-order valence-electron chi connectivity index (χ2n) is 2.23. The van der Waals surface area contributed by atoms with Gasteiger partial charge in [-0.05, 0) is 35.0 Å². The van der Waals surface area contributed by atoms with Crippen LogP contribution in [0.5, 0.6) is 0 Å².